The quantitative estimate of drug-likeness (QED) is 0.793. The Morgan fingerprint density at radius 3 is 1.95 bits per heavy atom. The van der Waals surface area contributed by atoms with Crippen LogP contribution in [0.4, 0.5) is 0 Å². The third-order valence-corrected chi connectivity index (χ3v) is 3.48. The van der Waals surface area contributed by atoms with Crippen molar-refractivity contribution in [3.8, 4) is 17.2 Å². The van der Waals surface area contributed by atoms with E-state index < -0.39 is 0 Å². The molecule has 6 heteroatoms. The Bertz CT molecular complexity index is 467. The third-order valence-electron chi connectivity index (χ3n) is 3.48. The summed E-state index contributed by atoms with van der Waals surface area (Å²) in [5.74, 6) is 2.17. The van der Waals surface area contributed by atoms with Crippen molar-refractivity contribution in [2.45, 2.75) is 20.4 Å². The van der Waals surface area contributed by atoms with Gasteiger partial charge in [-0.05, 0) is 25.1 Å². The molecule has 1 rings (SSSR count). The molecular weight excluding hydrogens is 304 g/mol. The zero-order valence-electron chi connectivity index (χ0n) is 14.4. The minimum absolute atomic E-state index is 0. The highest BCUT2D eigenvalue weighted by Gasteiger charge is 2.20. The number of methoxy groups -OCH3 is 3. The first kappa shape index (κ1) is 20.8. The fraction of sp³-hybridized carbons (Fsp3) is 0.625. The molecule has 1 aromatic carbocycles. The normalized spacial score (nSPS) is 11.1. The number of nitrogens with two attached hydrogens (primary N) is 1. The molecule has 0 saturated heterocycles. The molecule has 2 N–H and O–H groups in total. The fourth-order valence-electron chi connectivity index (χ4n) is 2.36. The molecule has 0 radical (unpaired) electrons. The van der Waals surface area contributed by atoms with E-state index in [-0.39, 0.29) is 17.8 Å². The SMILES string of the molecule is COc1cc(OC)c(OC)cc1CN(C)CC(C)(C)CN.Cl. The van der Waals surface area contributed by atoms with Gasteiger partial charge < -0.3 is 24.8 Å². The van der Waals surface area contributed by atoms with E-state index in [4.69, 9.17) is 19.9 Å². The molecule has 0 aliphatic heterocycles. The van der Waals surface area contributed by atoms with E-state index in [2.05, 4.69) is 25.8 Å². The first-order chi connectivity index (χ1) is 9.86. The summed E-state index contributed by atoms with van der Waals surface area (Å²) in [5, 5.41) is 0. The second kappa shape index (κ2) is 9.08. The molecule has 0 saturated carbocycles. The van der Waals surface area contributed by atoms with E-state index in [0.29, 0.717) is 18.0 Å². The van der Waals surface area contributed by atoms with Gasteiger partial charge in [0.05, 0.1) is 21.3 Å². The van der Waals surface area contributed by atoms with Crippen molar-refractivity contribution in [2.24, 2.45) is 11.1 Å². The van der Waals surface area contributed by atoms with Gasteiger partial charge in [0.1, 0.15) is 5.75 Å². The predicted octanol–water partition coefficient (Wildman–Crippen LogP) is 2.55. The summed E-state index contributed by atoms with van der Waals surface area (Å²) in [7, 11) is 6.99. The van der Waals surface area contributed by atoms with Crippen molar-refractivity contribution in [3.05, 3.63) is 17.7 Å². The number of halogens is 1. The fourth-order valence-corrected chi connectivity index (χ4v) is 2.36. The molecule has 0 atom stereocenters. The van der Waals surface area contributed by atoms with Crippen LogP contribution in [-0.2, 0) is 6.54 Å². The molecule has 0 amide bonds. The predicted molar refractivity (Wildman–Crippen MR) is 92.5 cm³/mol. The van der Waals surface area contributed by atoms with E-state index in [1.165, 1.54) is 0 Å². The number of rotatable bonds is 8. The topological polar surface area (TPSA) is 57.0 Å². The summed E-state index contributed by atoms with van der Waals surface area (Å²) in [6.07, 6.45) is 0. The van der Waals surface area contributed by atoms with Gasteiger partial charge in [0.25, 0.3) is 0 Å². The highest BCUT2D eigenvalue weighted by atomic mass is 35.5. The van der Waals surface area contributed by atoms with Crippen LogP contribution in [0.3, 0.4) is 0 Å². The zero-order valence-corrected chi connectivity index (χ0v) is 15.3. The van der Waals surface area contributed by atoms with Crippen LogP contribution in [0.5, 0.6) is 17.2 Å². The van der Waals surface area contributed by atoms with Crippen LogP contribution in [0.2, 0.25) is 0 Å². The Labute approximate surface area is 140 Å². The monoisotopic (exact) mass is 332 g/mol. The van der Waals surface area contributed by atoms with Crippen molar-refractivity contribution < 1.29 is 14.2 Å². The van der Waals surface area contributed by atoms with Gasteiger partial charge >= 0.3 is 0 Å². The number of hydrogen-bond donors (Lipinski definition) is 1. The van der Waals surface area contributed by atoms with Crippen molar-refractivity contribution in [1.82, 2.24) is 4.90 Å². The lowest BCUT2D eigenvalue weighted by molar-refractivity contribution is 0.207. The Morgan fingerprint density at radius 2 is 1.50 bits per heavy atom. The molecule has 0 aliphatic rings. The lowest BCUT2D eigenvalue weighted by Gasteiger charge is -2.29. The highest BCUT2D eigenvalue weighted by molar-refractivity contribution is 5.85. The summed E-state index contributed by atoms with van der Waals surface area (Å²) in [6, 6.07) is 3.82. The van der Waals surface area contributed by atoms with Gasteiger partial charge in [0.2, 0.25) is 0 Å². The van der Waals surface area contributed by atoms with Crippen LogP contribution < -0.4 is 19.9 Å². The maximum Gasteiger partial charge on any atom is 0.164 e. The van der Waals surface area contributed by atoms with Gasteiger partial charge in [-0.2, -0.15) is 0 Å². The van der Waals surface area contributed by atoms with E-state index in [0.717, 1.165) is 24.4 Å². The first-order valence-corrected chi connectivity index (χ1v) is 7.04. The molecule has 5 nitrogen and oxygen atoms in total. The lowest BCUT2D eigenvalue weighted by atomic mass is 9.93. The van der Waals surface area contributed by atoms with Crippen LogP contribution in [-0.4, -0.2) is 46.4 Å². The van der Waals surface area contributed by atoms with E-state index in [1.54, 1.807) is 21.3 Å². The minimum Gasteiger partial charge on any atom is -0.496 e. The molecule has 0 heterocycles. The van der Waals surface area contributed by atoms with Crippen LogP contribution in [0.25, 0.3) is 0 Å². The molecule has 1 aromatic rings. The molecule has 0 aliphatic carbocycles. The summed E-state index contributed by atoms with van der Waals surface area (Å²) in [5.41, 5.74) is 6.94. The number of benzene rings is 1. The molecule has 0 unspecified atom stereocenters. The smallest absolute Gasteiger partial charge is 0.164 e. The maximum atomic E-state index is 5.80. The van der Waals surface area contributed by atoms with E-state index >= 15 is 0 Å². The van der Waals surface area contributed by atoms with Crippen molar-refractivity contribution in [2.75, 3.05) is 41.5 Å². The molecule has 0 bridgehead atoms. The number of hydrogen-bond acceptors (Lipinski definition) is 5. The number of nitrogens with zero attached hydrogens (tertiary/aromatic N) is 1. The van der Waals surface area contributed by atoms with Crippen LogP contribution >= 0.6 is 12.4 Å². The lowest BCUT2D eigenvalue weighted by Crippen LogP contribution is -2.36. The van der Waals surface area contributed by atoms with Gasteiger partial charge in [0, 0.05) is 24.7 Å². The molecule has 22 heavy (non-hydrogen) atoms. The first-order valence-electron chi connectivity index (χ1n) is 7.04. The van der Waals surface area contributed by atoms with Gasteiger partial charge in [0.15, 0.2) is 11.5 Å². The summed E-state index contributed by atoms with van der Waals surface area (Å²) in [6.45, 7) is 6.64. The van der Waals surface area contributed by atoms with Crippen LogP contribution in [0.1, 0.15) is 19.4 Å². The summed E-state index contributed by atoms with van der Waals surface area (Å²) >= 11 is 0. The van der Waals surface area contributed by atoms with Gasteiger partial charge in [-0.15, -0.1) is 12.4 Å². The Morgan fingerprint density at radius 1 is 1.00 bits per heavy atom. The molecular formula is C16H29ClN2O3. The van der Waals surface area contributed by atoms with Gasteiger partial charge in [-0.25, -0.2) is 0 Å². The van der Waals surface area contributed by atoms with Gasteiger partial charge in [-0.1, -0.05) is 13.8 Å². The Balaban J connectivity index is 0.00000441. The van der Waals surface area contributed by atoms with Crippen LogP contribution in [0.15, 0.2) is 12.1 Å². The van der Waals surface area contributed by atoms with Crippen molar-refractivity contribution in [3.63, 3.8) is 0 Å². The van der Waals surface area contributed by atoms with Crippen LogP contribution in [0, 0.1) is 5.41 Å². The second-order valence-corrected chi connectivity index (χ2v) is 6.06. The van der Waals surface area contributed by atoms with E-state index in [9.17, 15) is 0 Å². The summed E-state index contributed by atoms with van der Waals surface area (Å²) < 4.78 is 16.1. The van der Waals surface area contributed by atoms with Crippen molar-refractivity contribution in [1.29, 1.82) is 0 Å². The average Bonchev–Trinajstić information content (AvgIpc) is 2.46. The van der Waals surface area contributed by atoms with Gasteiger partial charge in [-0.3, -0.25) is 0 Å². The average molecular weight is 333 g/mol. The van der Waals surface area contributed by atoms with Crippen molar-refractivity contribution >= 4 is 12.4 Å². The molecule has 128 valence electrons. The summed E-state index contributed by atoms with van der Waals surface area (Å²) in [4.78, 5) is 2.23. The zero-order chi connectivity index (χ0) is 16.0. The molecule has 0 fully saturated rings. The second-order valence-electron chi connectivity index (χ2n) is 6.06. The largest absolute Gasteiger partial charge is 0.496 e. The van der Waals surface area contributed by atoms with E-state index in [1.807, 2.05) is 12.1 Å². The standard InChI is InChI=1S/C16H28N2O3.ClH/c1-16(2,10-17)11-18(3)9-12-7-14(20-5)15(21-6)8-13(12)19-4;/h7-8H,9-11,17H2,1-6H3;1H. The Kier molecular flexibility index (Phi) is 8.60. The molecule has 0 spiro atoms. The Hall–Kier alpha value is -1.17. The maximum absolute atomic E-state index is 5.80. The highest BCUT2D eigenvalue weighted by Crippen LogP contribution is 2.35. The third kappa shape index (κ3) is 5.55. The molecule has 0 aromatic heterocycles. The minimum atomic E-state index is 0. The number of ether oxygens (including phenoxy) is 3.